The molecule has 2 heterocycles. The van der Waals surface area contributed by atoms with Gasteiger partial charge in [-0.15, -0.1) is 0 Å². The molecule has 0 unspecified atom stereocenters. The Kier molecular flexibility index (Phi) is 7.51. The molecule has 0 radical (unpaired) electrons. The highest BCUT2D eigenvalue weighted by Crippen LogP contribution is 2.31. The van der Waals surface area contributed by atoms with Crippen molar-refractivity contribution in [2.75, 3.05) is 39.8 Å². The number of carbonyl (C=O) groups is 3. The van der Waals surface area contributed by atoms with Gasteiger partial charge in [-0.25, -0.2) is 9.59 Å². The Morgan fingerprint density at radius 3 is 2.31 bits per heavy atom. The summed E-state index contributed by atoms with van der Waals surface area (Å²) in [6, 6.07) is 17.9. The number of hydrogen-bond donors (Lipinski definition) is 1. The summed E-state index contributed by atoms with van der Waals surface area (Å²) in [6.45, 7) is 6.26. The molecule has 2 aliphatic rings. The van der Waals surface area contributed by atoms with Crippen molar-refractivity contribution in [1.82, 2.24) is 20.0 Å². The lowest BCUT2D eigenvalue weighted by atomic mass is 9.94. The number of nitrogens with one attached hydrogen (secondary N) is 1. The number of benzene rings is 2. The van der Waals surface area contributed by atoms with Crippen LogP contribution >= 0.6 is 0 Å². The minimum Gasteiger partial charge on any atom is -0.463 e. The van der Waals surface area contributed by atoms with Crippen LogP contribution in [-0.2, 0) is 9.53 Å². The van der Waals surface area contributed by atoms with E-state index in [0.29, 0.717) is 43.0 Å². The van der Waals surface area contributed by atoms with Gasteiger partial charge in [-0.1, -0.05) is 48.5 Å². The summed E-state index contributed by atoms with van der Waals surface area (Å²) in [7, 11) is 1.67. The van der Waals surface area contributed by atoms with Crippen LogP contribution < -0.4 is 5.32 Å². The van der Waals surface area contributed by atoms with Gasteiger partial charge in [0.25, 0.3) is 5.91 Å². The largest absolute Gasteiger partial charge is 0.463 e. The van der Waals surface area contributed by atoms with Gasteiger partial charge < -0.3 is 15.0 Å². The van der Waals surface area contributed by atoms with E-state index >= 15 is 0 Å². The van der Waals surface area contributed by atoms with Crippen LogP contribution in [0.1, 0.15) is 35.8 Å². The van der Waals surface area contributed by atoms with Crippen LogP contribution in [0.2, 0.25) is 0 Å². The topological polar surface area (TPSA) is 82.2 Å². The number of urea groups is 1. The fourth-order valence-corrected chi connectivity index (χ4v) is 4.73. The van der Waals surface area contributed by atoms with Crippen LogP contribution in [-0.4, -0.2) is 78.5 Å². The number of ether oxygens (including phenoxy) is 1. The van der Waals surface area contributed by atoms with Crippen LogP contribution in [0.15, 0.2) is 71.9 Å². The average molecular weight is 477 g/mol. The molecule has 4 rings (SSSR count). The number of nitrogens with zero attached hydrogens (tertiary/aromatic N) is 3. The SMILES string of the molecule is CCOC(=O)C1=C(CN2CCN(C(=O)c3ccccc3)[C@@H](C)C2)N(C)C(=O)N[C@@H]1c1ccccc1. The van der Waals surface area contributed by atoms with Gasteiger partial charge in [0.05, 0.1) is 18.2 Å². The lowest BCUT2D eigenvalue weighted by molar-refractivity contribution is -0.139. The number of esters is 1. The average Bonchev–Trinajstić information content (AvgIpc) is 2.87. The normalized spacial score (nSPS) is 21.1. The highest BCUT2D eigenvalue weighted by Gasteiger charge is 2.38. The summed E-state index contributed by atoms with van der Waals surface area (Å²) >= 11 is 0. The number of carbonyl (C=O) groups excluding carboxylic acids is 3. The third-order valence-electron chi connectivity index (χ3n) is 6.57. The molecule has 2 atom stereocenters. The maximum atomic E-state index is 13.1. The van der Waals surface area contributed by atoms with E-state index in [1.165, 1.54) is 4.90 Å². The summed E-state index contributed by atoms with van der Waals surface area (Å²) in [5.41, 5.74) is 2.56. The smallest absolute Gasteiger partial charge is 0.338 e. The van der Waals surface area contributed by atoms with Gasteiger partial charge in [0.1, 0.15) is 0 Å². The summed E-state index contributed by atoms with van der Waals surface area (Å²) in [5.74, 6) is -0.420. The summed E-state index contributed by atoms with van der Waals surface area (Å²) in [5, 5.41) is 2.94. The standard InChI is InChI=1S/C27H32N4O4/c1-4-35-26(33)23-22(29(3)27(34)28-24(23)20-11-7-5-8-12-20)18-30-15-16-31(19(2)17-30)25(32)21-13-9-6-10-14-21/h5-14,19,24H,4,15-18H2,1-3H3,(H,28,34)/t19-,24+/m0/s1. The zero-order valence-electron chi connectivity index (χ0n) is 20.4. The summed E-state index contributed by atoms with van der Waals surface area (Å²) in [6.07, 6.45) is 0. The van der Waals surface area contributed by atoms with Gasteiger partial charge >= 0.3 is 12.0 Å². The van der Waals surface area contributed by atoms with Crippen molar-refractivity contribution in [3.63, 3.8) is 0 Å². The van der Waals surface area contributed by atoms with Crippen molar-refractivity contribution >= 4 is 17.9 Å². The first-order valence-corrected chi connectivity index (χ1v) is 12.0. The van der Waals surface area contributed by atoms with E-state index in [4.69, 9.17) is 4.74 Å². The Labute approximate surface area is 206 Å². The Hall–Kier alpha value is -3.65. The zero-order chi connectivity index (χ0) is 24.9. The Morgan fingerprint density at radius 2 is 1.69 bits per heavy atom. The van der Waals surface area contributed by atoms with Gasteiger partial charge in [-0.3, -0.25) is 14.6 Å². The van der Waals surface area contributed by atoms with E-state index in [-0.39, 0.29) is 24.6 Å². The van der Waals surface area contributed by atoms with Crippen LogP contribution in [0.4, 0.5) is 4.79 Å². The Bertz CT molecular complexity index is 1100. The van der Waals surface area contributed by atoms with Crippen molar-refractivity contribution in [2.45, 2.75) is 25.9 Å². The molecule has 1 fully saturated rings. The summed E-state index contributed by atoms with van der Waals surface area (Å²) < 4.78 is 5.41. The first-order valence-electron chi connectivity index (χ1n) is 12.0. The fourth-order valence-electron chi connectivity index (χ4n) is 4.73. The minimum absolute atomic E-state index is 0.0162. The molecule has 8 nitrogen and oxygen atoms in total. The molecule has 184 valence electrons. The molecule has 8 heteroatoms. The number of likely N-dealkylation sites (N-methyl/N-ethyl adjacent to an activating group) is 1. The van der Waals surface area contributed by atoms with Gasteiger partial charge in [0, 0.05) is 50.5 Å². The van der Waals surface area contributed by atoms with Crippen molar-refractivity contribution in [3.8, 4) is 0 Å². The molecule has 35 heavy (non-hydrogen) atoms. The number of hydrogen-bond acceptors (Lipinski definition) is 5. The molecule has 0 spiro atoms. The van der Waals surface area contributed by atoms with E-state index in [0.717, 1.165) is 5.56 Å². The second-order valence-corrected chi connectivity index (χ2v) is 8.88. The number of piperazine rings is 1. The van der Waals surface area contributed by atoms with Crippen LogP contribution in [0.3, 0.4) is 0 Å². The molecular weight excluding hydrogens is 444 g/mol. The first kappa shape index (κ1) is 24.5. The van der Waals surface area contributed by atoms with E-state index < -0.39 is 12.0 Å². The van der Waals surface area contributed by atoms with Crippen molar-refractivity contribution in [3.05, 3.63) is 83.1 Å². The van der Waals surface area contributed by atoms with Gasteiger partial charge in [-0.05, 0) is 31.5 Å². The third-order valence-corrected chi connectivity index (χ3v) is 6.57. The van der Waals surface area contributed by atoms with Gasteiger partial charge in [-0.2, -0.15) is 0 Å². The molecule has 0 aliphatic carbocycles. The van der Waals surface area contributed by atoms with Gasteiger partial charge in [0.15, 0.2) is 0 Å². The zero-order valence-corrected chi connectivity index (χ0v) is 20.4. The van der Waals surface area contributed by atoms with Crippen molar-refractivity contribution in [1.29, 1.82) is 0 Å². The molecule has 1 saturated heterocycles. The molecule has 2 aromatic rings. The molecule has 0 bridgehead atoms. The quantitative estimate of drug-likeness (QED) is 0.648. The molecule has 2 aromatic carbocycles. The fraction of sp³-hybridized carbons (Fsp3) is 0.370. The maximum absolute atomic E-state index is 13.1. The third kappa shape index (κ3) is 5.22. The second kappa shape index (κ2) is 10.7. The minimum atomic E-state index is -0.590. The summed E-state index contributed by atoms with van der Waals surface area (Å²) in [4.78, 5) is 44.6. The number of amides is 3. The first-order chi connectivity index (χ1) is 16.9. The highest BCUT2D eigenvalue weighted by molar-refractivity contribution is 5.95. The van der Waals surface area contributed by atoms with E-state index in [1.54, 1.807) is 14.0 Å². The molecule has 3 amide bonds. The van der Waals surface area contributed by atoms with Crippen molar-refractivity contribution in [2.24, 2.45) is 0 Å². The monoisotopic (exact) mass is 476 g/mol. The maximum Gasteiger partial charge on any atom is 0.338 e. The van der Waals surface area contributed by atoms with Crippen LogP contribution in [0.25, 0.3) is 0 Å². The van der Waals surface area contributed by atoms with E-state index in [1.807, 2.05) is 72.5 Å². The van der Waals surface area contributed by atoms with Gasteiger partial charge in [0.2, 0.25) is 0 Å². The second-order valence-electron chi connectivity index (χ2n) is 8.88. The molecule has 0 saturated carbocycles. The molecule has 1 N–H and O–H groups in total. The molecular formula is C27H32N4O4. The molecule has 0 aromatic heterocycles. The van der Waals surface area contributed by atoms with E-state index in [2.05, 4.69) is 10.2 Å². The number of rotatable bonds is 6. The lowest BCUT2D eigenvalue weighted by Gasteiger charge is -2.42. The van der Waals surface area contributed by atoms with Crippen LogP contribution in [0, 0.1) is 0 Å². The lowest BCUT2D eigenvalue weighted by Crippen LogP contribution is -2.56. The van der Waals surface area contributed by atoms with Crippen molar-refractivity contribution < 1.29 is 19.1 Å². The van der Waals surface area contributed by atoms with E-state index in [9.17, 15) is 14.4 Å². The van der Waals surface area contributed by atoms with Crippen LogP contribution in [0.5, 0.6) is 0 Å². The predicted octanol–water partition coefficient (Wildman–Crippen LogP) is 3.05. The Balaban J connectivity index is 1.59. The Morgan fingerprint density at radius 1 is 1.03 bits per heavy atom. The predicted molar refractivity (Wildman–Crippen MR) is 133 cm³/mol. The molecule has 2 aliphatic heterocycles. The highest BCUT2D eigenvalue weighted by atomic mass is 16.5.